The van der Waals surface area contributed by atoms with Gasteiger partial charge in [-0.3, -0.25) is 4.79 Å². The van der Waals surface area contributed by atoms with Crippen molar-refractivity contribution in [1.29, 1.82) is 0 Å². The van der Waals surface area contributed by atoms with Crippen LogP contribution >= 0.6 is 21.6 Å². The molecule has 6 nitrogen and oxygen atoms in total. The molecule has 8 heteroatoms. The summed E-state index contributed by atoms with van der Waals surface area (Å²) in [5.74, 6) is 6.21. The van der Waals surface area contributed by atoms with Gasteiger partial charge in [-0.15, -0.1) is 0 Å². The third-order valence-corrected chi connectivity index (χ3v) is 7.03. The number of amides is 1. The van der Waals surface area contributed by atoms with Gasteiger partial charge in [0.15, 0.2) is 0 Å². The zero-order valence-corrected chi connectivity index (χ0v) is 23.3. The van der Waals surface area contributed by atoms with E-state index in [4.69, 9.17) is 14.2 Å². The minimum atomic E-state index is -0.0442. The molecule has 0 rings (SSSR count). The summed E-state index contributed by atoms with van der Waals surface area (Å²) >= 11 is 0. The Morgan fingerprint density at radius 1 is 1.03 bits per heavy atom. The highest BCUT2D eigenvalue weighted by Gasteiger charge is 2.17. The molecule has 0 radical (unpaired) electrons. The average molecular weight is 493 g/mol. The van der Waals surface area contributed by atoms with Crippen LogP contribution < -0.4 is 10.6 Å². The molecule has 32 heavy (non-hydrogen) atoms. The lowest BCUT2D eigenvalue weighted by molar-refractivity contribution is -0.122. The number of hydrogen-bond donors (Lipinski definition) is 2. The Balaban J connectivity index is 0. The molecule has 0 fully saturated rings. The number of hydrogen-bond acceptors (Lipinski definition) is 7. The lowest BCUT2D eigenvalue weighted by atomic mass is 10.2. The smallest absolute Gasteiger partial charge is 0.223 e. The van der Waals surface area contributed by atoms with Crippen molar-refractivity contribution in [2.75, 3.05) is 53.2 Å². The van der Waals surface area contributed by atoms with Gasteiger partial charge in [0.05, 0.1) is 39.6 Å². The maximum atomic E-state index is 11.6. The summed E-state index contributed by atoms with van der Waals surface area (Å²) in [7, 11) is 5.63. The Morgan fingerprint density at radius 3 is 2.25 bits per heavy atom. The van der Waals surface area contributed by atoms with Gasteiger partial charge < -0.3 is 24.8 Å². The standard InChI is InChI=1S/C22H42N2O4S2.C2H6/c1-19(2)9-7-13-24-20(25)11-14-26-15-16-27-17-18-28-21(10-8-12-23-6)29-30-22(3,4)5;1-2/h19,21,23H,8,10-18H2,1-6H3,(H,24,25);1-2H3. The first-order chi connectivity index (χ1) is 15.2. The maximum Gasteiger partial charge on any atom is 0.223 e. The molecule has 0 saturated heterocycles. The van der Waals surface area contributed by atoms with Gasteiger partial charge in [-0.2, -0.15) is 0 Å². The Bertz CT molecular complexity index is 489. The normalized spacial score (nSPS) is 11.9. The summed E-state index contributed by atoms with van der Waals surface area (Å²) in [6.45, 7) is 18.5. The van der Waals surface area contributed by atoms with Crippen LogP contribution in [0.15, 0.2) is 0 Å². The number of rotatable bonds is 17. The second kappa shape index (κ2) is 23.7. The lowest BCUT2D eigenvalue weighted by Gasteiger charge is -2.22. The molecule has 0 bridgehead atoms. The van der Waals surface area contributed by atoms with Crippen LogP contribution in [0.2, 0.25) is 0 Å². The van der Waals surface area contributed by atoms with Gasteiger partial charge in [0.1, 0.15) is 5.44 Å². The number of nitrogens with one attached hydrogen (secondary N) is 2. The molecule has 0 saturated carbocycles. The first-order valence-electron chi connectivity index (χ1n) is 11.8. The molecule has 0 aliphatic heterocycles. The van der Waals surface area contributed by atoms with Crippen molar-refractivity contribution in [3.63, 3.8) is 0 Å². The van der Waals surface area contributed by atoms with Gasteiger partial charge in [-0.05, 0) is 26.4 Å². The molecule has 0 heterocycles. The SMILES string of the molecule is CC.CNCCCC(OCCOCCOCCC(=O)NCC#CC(C)C)SSC(C)(C)C. The molecule has 0 aromatic carbocycles. The van der Waals surface area contributed by atoms with E-state index < -0.39 is 0 Å². The molecule has 0 aliphatic rings. The molecular weight excluding hydrogens is 444 g/mol. The van der Waals surface area contributed by atoms with Crippen LogP contribution in [0.3, 0.4) is 0 Å². The Kier molecular flexibility index (Phi) is 25.0. The fourth-order valence-corrected chi connectivity index (χ4v) is 4.47. The summed E-state index contributed by atoms with van der Waals surface area (Å²) in [4.78, 5) is 11.6. The first-order valence-corrected chi connectivity index (χ1v) is 14.0. The van der Waals surface area contributed by atoms with Crippen molar-refractivity contribution in [1.82, 2.24) is 10.6 Å². The average Bonchev–Trinajstić information content (AvgIpc) is 2.74. The van der Waals surface area contributed by atoms with E-state index in [1.807, 2.05) is 45.5 Å². The number of carbonyl (C=O) groups is 1. The third-order valence-electron chi connectivity index (χ3n) is 3.41. The van der Waals surface area contributed by atoms with E-state index in [0.717, 1.165) is 19.4 Å². The molecule has 0 aromatic rings. The van der Waals surface area contributed by atoms with Gasteiger partial charge in [-0.25, -0.2) is 0 Å². The third kappa shape index (κ3) is 27.6. The van der Waals surface area contributed by atoms with Gasteiger partial charge in [0, 0.05) is 17.1 Å². The second-order valence-corrected chi connectivity index (χ2v) is 11.3. The highest BCUT2D eigenvalue weighted by Crippen LogP contribution is 2.39. The van der Waals surface area contributed by atoms with Crippen LogP contribution in [0.1, 0.15) is 67.7 Å². The maximum absolute atomic E-state index is 11.6. The van der Waals surface area contributed by atoms with Crippen molar-refractivity contribution in [3.05, 3.63) is 0 Å². The van der Waals surface area contributed by atoms with Crippen molar-refractivity contribution < 1.29 is 19.0 Å². The van der Waals surface area contributed by atoms with E-state index in [2.05, 4.69) is 43.2 Å². The van der Waals surface area contributed by atoms with E-state index in [9.17, 15) is 4.79 Å². The van der Waals surface area contributed by atoms with Crippen molar-refractivity contribution >= 4 is 27.5 Å². The number of ether oxygens (including phenoxy) is 3. The highest BCUT2D eigenvalue weighted by molar-refractivity contribution is 8.77. The molecule has 2 N–H and O–H groups in total. The second-order valence-electron chi connectivity index (χ2n) is 8.07. The predicted molar refractivity (Wildman–Crippen MR) is 141 cm³/mol. The molecule has 0 aliphatic carbocycles. The van der Waals surface area contributed by atoms with Crippen LogP contribution in [0.5, 0.6) is 0 Å². The molecule has 1 atom stereocenters. The van der Waals surface area contributed by atoms with Gasteiger partial charge in [-0.1, -0.05) is 81.9 Å². The minimum absolute atomic E-state index is 0.0442. The quantitative estimate of drug-likeness (QED) is 0.132. The van der Waals surface area contributed by atoms with Crippen LogP contribution in [0.4, 0.5) is 0 Å². The summed E-state index contributed by atoms with van der Waals surface area (Å²) < 4.78 is 17.2. The fraction of sp³-hybridized carbons (Fsp3) is 0.875. The van der Waals surface area contributed by atoms with E-state index in [0.29, 0.717) is 51.9 Å². The van der Waals surface area contributed by atoms with Crippen molar-refractivity contribution in [2.45, 2.75) is 77.9 Å². The van der Waals surface area contributed by atoms with Gasteiger partial charge >= 0.3 is 0 Å². The van der Waals surface area contributed by atoms with Crippen LogP contribution in [-0.4, -0.2) is 69.3 Å². The van der Waals surface area contributed by atoms with Crippen LogP contribution in [0, 0.1) is 17.8 Å². The van der Waals surface area contributed by atoms with E-state index in [-0.39, 0.29) is 16.1 Å². The summed E-state index contributed by atoms with van der Waals surface area (Å²) in [6, 6.07) is 0. The fourth-order valence-electron chi connectivity index (χ4n) is 2.01. The number of carbonyl (C=O) groups excluding carboxylic acids is 1. The van der Waals surface area contributed by atoms with Crippen molar-refractivity contribution in [3.8, 4) is 11.8 Å². The molecule has 0 aromatic heterocycles. The predicted octanol–water partition coefficient (Wildman–Crippen LogP) is 4.73. The summed E-state index contributed by atoms with van der Waals surface area (Å²) in [5, 5.41) is 5.94. The van der Waals surface area contributed by atoms with Gasteiger partial charge in [0.25, 0.3) is 0 Å². The Hall–Kier alpha value is -0.430. The van der Waals surface area contributed by atoms with Crippen molar-refractivity contribution in [2.24, 2.45) is 5.92 Å². The van der Waals surface area contributed by atoms with Crippen LogP contribution in [-0.2, 0) is 19.0 Å². The Morgan fingerprint density at radius 2 is 1.66 bits per heavy atom. The largest absolute Gasteiger partial charge is 0.379 e. The monoisotopic (exact) mass is 492 g/mol. The van der Waals surface area contributed by atoms with E-state index in [1.54, 1.807) is 10.8 Å². The molecular formula is C24H48N2O4S2. The summed E-state index contributed by atoms with van der Waals surface area (Å²) in [6.07, 6.45) is 2.44. The van der Waals surface area contributed by atoms with Crippen LogP contribution in [0.25, 0.3) is 0 Å². The van der Waals surface area contributed by atoms with E-state index >= 15 is 0 Å². The molecule has 1 amide bonds. The molecule has 0 spiro atoms. The van der Waals surface area contributed by atoms with E-state index in [1.165, 1.54) is 0 Å². The Labute approximate surface area is 205 Å². The zero-order valence-electron chi connectivity index (χ0n) is 21.7. The molecule has 190 valence electrons. The first kappa shape index (κ1) is 33.7. The zero-order chi connectivity index (χ0) is 24.7. The summed E-state index contributed by atoms with van der Waals surface area (Å²) in [5.41, 5.74) is 0.172. The minimum Gasteiger partial charge on any atom is -0.379 e. The highest BCUT2D eigenvalue weighted by atomic mass is 33.1. The molecule has 1 unspecified atom stereocenters. The lowest BCUT2D eigenvalue weighted by Crippen LogP contribution is -2.25. The topological polar surface area (TPSA) is 68.8 Å². The van der Waals surface area contributed by atoms with Gasteiger partial charge in [0.2, 0.25) is 5.91 Å².